The first-order valence-corrected chi connectivity index (χ1v) is 10.5. The van der Waals surface area contributed by atoms with Gasteiger partial charge in [-0.3, -0.25) is 9.78 Å². The zero-order chi connectivity index (χ0) is 22.9. The quantitative estimate of drug-likeness (QED) is 0.384. The van der Waals surface area contributed by atoms with Crippen LogP contribution in [0.15, 0.2) is 91.4 Å². The van der Waals surface area contributed by atoms with Crippen molar-refractivity contribution in [3.8, 4) is 11.5 Å². The van der Waals surface area contributed by atoms with Crippen molar-refractivity contribution in [3.05, 3.63) is 108 Å². The molecule has 0 bridgehead atoms. The number of pyridine rings is 1. The minimum Gasteiger partial charge on any atom is -0.487 e. The molecule has 0 radical (unpaired) electrons. The van der Waals surface area contributed by atoms with E-state index in [9.17, 15) is 4.79 Å². The SMILES string of the molecule is Cn1ccnc1COc1ccc(NC(=O)C=Cc2ccc(OCc3ccccn3)cc2)cc1. The molecule has 1 amide bonds. The summed E-state index contributed by atoms with van der Waals surface area (Å²) in [6.07, 6.45) is 8.59. The lowest BCUT2D eigenvalue weighted by atomic mass is 10.2. The number of ether oxygens (including phenoxy) is 2. The number of imidazole rings is 1. The van der Waals surface area contributed by atoms with Crippen molar-refractivity contribution in [1.29, 1.82) is 0 Å². The fourth-order valence-electron chi connectivity index (χ4n) is 2.99. The lowest BCUT2D eigenvalue weighted by molar-refractivity contribution is -0.111. The van der Waals surface area contributed by atoms with Gasteiger partial charge in [0.1, 0.15) is 30.5 Å². The highest BCUT2D eigenvalue weighted by atomic mass is 16.5. The Hall–Kier alpha value is -4.39. The van der Waals surface area contributed by atoms with Crippen molar-refractivity contribution in [2.24, 2.45) is 7.05 Å². The second-order valence-corrected chi connectivity index (χ2v) is 7.27. The zero-order valence-electron chi connectivity index (χ0n) is 18.2. The van der Waals surface area contributed by atoms with Crippen molar-refractivity contribution in [2.75, 3.05) is 5.32 Å². The largest absolute Gasteiger partial charge is 0.487 e. The molecule has 7 nitrogen and oxygen atoms in total. The van der Waals surface area contributed by atoms with Crippen LogP contribution in [-0.2, 0) is 25.1 Å². The molecule has 0 saturated heterocycles. The van der Waals surface area contributed by atoms with E-state index in [0.29, 0.717) is 24.7 Å². The molecule has 0 aliphatic heterocycles. The summed E-state index contributed by atoms with van der Waals surface area (Å²) in [5.74, 6) is 2.07. The minimum atomic E-state index is -0.216. The van der Waals surface area contributed by atoms with E-state index in [-0.39, 0.29) is 5.91 Å². The second-order valence-electron chi connectivity index (χ2n) is 7.27. The topological polar surface area (TPSA) is 78.3 Å². The molecule has 4 rings (SSSR count). The van der Waals surface area contributed by atoms with Crippen LogP contribution in [0.5, 0.6) is 11.5 Å². The van der Waals surface area contributed by atoms with Crippen LogP contribution in [0.25, 0.3) is 6.08 Å². The van der Waals surface area contributed by atoms with Crippen LogP contribution in [-0.4, -0.2) is 20.4 Å². The molecule has 0 saturated carbocycles. The van der Waals surface area contributed by atoms with Crippen molar-refractivity contribution in [2.45, 2.75) is 13.2 Å². The summed E-state index contributed by atoms with van der Waals surface area (Å²) in [6.45, 7) is 0.788. The Morgan fingerprint density at radius 3 is 2.30 bits per heavy atom. The van der Waals surface area contributed by atoms with Crippen molar-refractivity contribution in [3.63, 3.8) is 0 Å². The lowest BCUT2D eigenvalue weighted by Crippen LogP contribution is -2.07. The fourth-order valence-corrected chi connectivity index (χ4v) is 2.99. The van der Waals surface area contributed by atoms with Crippen LogP contribution in [0.1, 0.15) is 17.1 Å². The molecule has 2 heterocycles. The monoisotopic (exact) mass is 440 g/mol. The van der Waals surface area contributed by atoms with Crippen molar-refractivity contribution in [1.82, 2.24) is 14.5 Å². The molecule has 0 fully saturated rings. The Bertz CT molecular complexity index is 1200. The van der Waals surface area contributed by atoms with Crippen molar-refractivity contribution >= 4 is 17.7 Å². The predicted octanol–water partition coefficient (Wildman–Crippen LogP) is 4.63. The van der Waals surface area contributed by atoms with Gasteiger partial charge in [0.05, 0.1) is 5.69 Å². The van der Waals surface area contributed by atoms with E-state index in [0.717, 1.165) is 22.8 Å². The summed E-state index contributed by atoms with van der Waals surface area (Å²) in [4.78, 5) is 20.7. The molecule has 0 unspecified atom stereocenters. The maximum Gasteiger partial charge on any atom is 0.248 e. The van der Waals surface area contributed by atoms with E-state index >= 15 is 0 Å². The first kappa shape index (κ1) is 21.8. The van der Waals surface area contributed by atoms with Gasteiger partial charge in [-0.2, -0.15) is 0 Å². The third-order valence-electron chi connectivity index (χ3n) is 4.83. The molecule has 2 aromatic heterocycles. The summed E-state index contributed by atoms with van der Waals surface area (Å²) in [5.41, 5.74) is 2.45. The van der Waals surface area contributed by atoms with Crippen LogP contribution in [0, 0.1) is 0 Å². The van der Waals surface area contributed by atoms with Gasteiger partial charge in [0.2, 0.25) is 5.91 Å². The Morgan fingerprint density at radius 2 is 1.64 bits per heavy atom. The van der Waals surface area contributed by atoms with Gasteiger partial charge in [0.25, 0.3) is 0 Å². The number of aryl methyl sites for hydroxylation is 1. The first-order valence-electron chi connectivity index (χ1n) is 10.5. The number of carbonyl (C=O) groups is 1. The normalized spacial score (nSPS) is 10.8. The Balaban J connectivity index is 1.24. The number of carbonyl (C=O) groups excluding carboxylic acids is 1. The van der Waals surface area contributed by atoms with Gasteiger partial charge in [-0.25, -0.2) is 4.98 Å². The average molecular weight is 441 g/mol. The number of aromatic nitrogens is 3. The number of benzene rings is 2. The van der Waals surface area contributed by atoms with E-state index in [4.69, 9.17) is 9.47 Å². The Labute approximate surface area is 192 Å². The van der Waals surface area contributed by atoms with Crippen LogP contribution in [0.2, 0.25) is 0 Å². The maximum atomic E-state index is 12.2. The highest BCUT2D eigenvalue weighted by molar-refractivity contribution is 6.01. The molecule has 1 N–H and O–H groups in total. The molecule has 0 spiro atoms. The Morgan fingerprint density at radius 1 is 0.909 bits per heavy atom. The zero-order valence-corrected chi connectivity index (χ0v) is 18.2. The number of nitrogens with one attached hydrogen (secondary N) is 1. The second kappa shape index (κ2) is 10.8. The average Bonchev–Trinajstić information content (AvgIpc) is 3.27. The highest BCUT2D eigenvalue weighted by Crippen LogP contribution is 2.18. The summed E-state index contributed by atoms with van der Waals surface area (Å²) >= 11 is 0. The number of anilines is 1. The van der Waals surface area contributed by atoms with Gasteiger partial charge in [0, 0.05) is 37.4 Å². The summed E-state index contributed by atoms with van der Waals surface area (Å²) < 4.78 is 13.4. The number of hydrogen-bond acceptors (Lipinski definition) is 5. The van der Waals surface area contributed by atoms with E-state index in [2.05, 4.69) is 15.3 Å². The van der Waals surface area contributed by atoms with Gasteiger partial charge >= 0.3 is 0 Å². The molecule has 7 heteroatoms. The van der Waals surface area contributed by atoms with Gasteiger partial charge in [-0.05, 0) is 60.2 Å². The molecule has 0 atom stereocenters. The molecule has 2 aromatic carbocycles. The van der Waals surface area contributed by atoms with E-state index in [1.54, 1.807) is 30.6 Å². The fraction of sp³-hybridized carbons (Fsp3) is 0.115. The highest BCUT2D eigenvalue weighted by Gasteiger charge is 2.03. The van der Waals surface area contributed by atoms with E-state index in [1.165, 1.54) is 6.08 Å². The van der Waals surface area contributed by atoms with Crippen molar-refractivity contribution < 1.29 is 14.3 Å². The van der Waals surface area contributed by atoms with E-state index < -0.39 is 0 Å². The van der Waals surface area contributed by atoms with Gasteiger partial charge in [-0.1, -0.05) is 18.2 Å². The number of amides is 1. The molecule has 166 valence electrons. The molecule has 4 aromatic rings. The van der Waals surface area contributed by atoms with Crippen LogP contribution >= 0.6 is 0 Å². The van der Waals surface area contributed by atoms with Crippen LogP contribution in [0.4, 0.5) is 5.69 Å². The smallest absolute Gasteiger partial charge is 0.248 e. The molecule has 33 heavy (non-hydrogen) atoms. The number of rotatable bonds is 9. The summed E-state index contributed by atoms with van der Waals surface area (Å²) in [6, 6.07) is 20.5. The number of nitrogens with zero attached hydrogens (tertiary/aromatic N) is 3. The van der Waals surface area contributed by atoms with Crippen LogP contribution in [0.3, 0.4) is 0 Å². The first-order chi connectivity index (χ1) is 16.2. The molecular formula is C26H24N4O3. The molecule has 0 aliphatic rings. The molecular weight excluding hydrogens is 416 g/mol. The third kappa shape index (κ3) is 6.54. The van der Waals surface area contributed by atoms with Crippen LogP contribution < -0.4 is 14.8 Å². The minimum absolute atomic E-state index is 0.216. The summed E-state index contributed by atoms with van der Waals surface area (Å²) in [7, 11) is 1.92. The van der Waals surface area contributed by atoms with Gasteiger partial charge in [-0.15, -0.1) is 0 Å². The summed E-state index contributed by atoms with van der Waals surface area (Å²) in [5, 5.41) is 2.84. The standard InChI is InChI=1S/C26H24N4O3/c1-30-17-16-28-25(30)19-33-24-12-8-21(9-13-24)29-26(31)14-7-20-5-10-23(11-6-20)32-18-22-4-2-3-15-27-22/h2-17H,18-19H2,1H3,(H,29,31). The molecule has 0 aliphatic carbocycles. The van der Waals surface area contributed by atoms with Gasteiger partial charge in [0.15, 0.2) is 0 Å². The van der Waals surface area contributed by atoms with Gasteiger partial charge < -0.3 is 19.4 Å². The third-order valence-corrected chi connectivity index (χ3v) is 4.83. The predicted molar refractivity (Wildman–Crippen MR) is 127 cm³/mol. The maximum absolute atomic E-state index is 12.2. The lowest BCUT2D eigenvalue weighted by Gasteiger charge is -2.08. The number of hydrogen-bond donors (Lipinski definition) is 1. The van der Waals surface area contributed by atoms with E-state index in [1.807, 2.05) is 72.4 Å². The Kier molecular flexibility index (Phi) is 7.12.